The van der Waals surface area contributed by atoms with Gasteiger partial charge in [-0.1, -0.05) is 0 Å². The highest BCUT2D eigenvalue weighted by molar-refractivity contribution is 7.89. The molecule has 2 N–H and O–H groups in total. The molecule has 0 spiro atoms. The summed E-state index contributed by atoms with van der Waals surface area (Å²) in [5, 5.41) is 9.22. The monoisotopic (exact) mass is 312 g/mol. The lowest BCUT2D eigenvalue weighted by Gasteiger charge is -2.25. The van der Waals surface area contributed by atoms with E-state index in [1.165, 1.54) is 12.3 Å². The van der Waals surface area contributed by atoms with E-state index in [0.717, 1.165) is 25.7 Å². The molecule has 0 atom stereocenters. The van der Waals surface area contributed by atoms with E-state index in [0.29, 0.717) is 5.92 Å². The maximum Gasteiger partial charge on any atom is 0.352 e. The Bertz CT molecular complexity index is 682. The first-order valence-corrected chi connectivity index (χ1v) is 8.68. The van der Waals surface area contributed by atoms with Crippen LogP contribution >= 0.6 is 0 Å². The number of nitrogens with one attached hydrogen (secondary N) is 1. The molecule has 21 heavy (non-hydrogen) atoms. The number of hydrogen-bond donors (Lipinski definition) is 2. The second-order valence-corrected chi connectivity index (χ2v) is 8.29. The topological polar surface area (TPSA) is 88.4 Å². The molecule has 7 heteroatoms. The summed E-state index contributed by atoms with van der Waals surface area (Å²) in [4.78, 5) is 11.3. The minimum atomic E-state index is -3.70. The fourth-order valence-corrected chi connectivity index (χ4v) is 4.22. The summed E-state index contributed by atoms with van der Waals surface area (Å²) in [5.74, 6) is -0.735. The van der Waals surface area contributed by atoms with Gasteiger partial charge < -0.3 is 9.67 Å². The summed E-state index contributed by atoms with van der Waals surface area (Å²) in [6, 6.07) is 1.38. The Morgan fingerprint density at radius 2 is 1.95 bits per heavy atom. The Balaban J connectivity index is 1.91. The van der Waals surface area contributed by atoms with Crippen LogP contribution in [0.4, 0.5) is 0 Å². The lowest BCUT2D eigenvalue weighted by Crippen LogP contribution is -2.44. The zero-order valence-corrected chi connectivity index (χ0v) is 13.0. The van der Waals surface area contributed by atoms with Gasteiger partial charge in [-0.25, -0.2) is 17.9 Å². The van der Waals surface area contributed by atoms with Crippen molar-refractivity contribution in [2.24, 2.45) is 5.92 Å². The predicted molar refractivity (Wildman–Crippen MR) is 76.8 cm³/mol. The molecule has 0 radical (unpaired) electrons. The molecule has 3 rings (SSSR count). The van der Waals surface area contributed by atoms with Crippen LogP contribution in [0.2, 0.25) is 0 Å². The van der Waals surface area contributed by atoms with Gasteiger partial charge in [0.25, 0.3) is 0 Å². The van der Waals surface area contributed by atoms with Crippen molar-refractivity contribution in [2.75, 3.05) is 0 Å². The van der Waals surface area contributed by atoms with Crippen molar-refractivity contribution in [2.45, 2.75) is 56.0 Å². The average molecular weight is 312 g/mol. The Kier molecular flexibility index (Phi) is 3.18. The van der Waals surface area contributed by atoms with Crippen LogP contribution in [0.1, 0.15) is 56.1 Å². The molecule has 116 valence electrons. The van der Waals surface area contributed by atoms with Crippen LogP contribution in [-0.2, 0) is 10.0 Å². The average Bonchev–Trinajstić information content (AvgIpc) is 3.23. The molecule has 2 saturated carbocycles. The van der Waals surface area contributed by atoms with Crippen molar-refractivity contribution in [1.29, 1.82) is 0 Å². The molecule has 1 aromatic rings. The molecule has 6 nitrogen and oxygen atoms in total. The first-order chi connectivity index (χ1) is 9.71. The third-order valence-electron chi connectivity index (χ3n) is 4.29. The highest BCUT2D eigenvalue weighted by Crippen LogP contribution is 2.40. The van der Waals surface area contributed by atoms with Crippen molar-refractivity contribution in [3.8, 4) is 0 Å². The van der Waals surface area contributed by atoms with Gasteiger partial charge >= 0.3 is 5.97 Å². The molecule has 1 aromatic heterocycles. The van der Waals surface area contributed by atoms with Gasteiger partial charge in [-0.05, 0) is 51.5 Å². The van der Waals surface area contributed by atoms with E-state index in [1.54, 1.807) is 4.57 Å². The largest absolute Gasteiger partial charge is 0.477 e. The summed E-state index contributed by atoms with van der Waals surface area (Å²) in [7, 11) is -3.70. The van der Waals surface area contributed by atoms with E-state index < -0.39 is 21.5 Å². The molecule has 0 unspecified atom stereocenters. The number of sulfonamides is 1. The van der Waals surface area contributed by atoms with Crippen LogP contribution in [0.25, 0.3) is 0 Å². The zero-order valence-electron chi connectivity index (χ0n) is 12.2. The van der Waals surface area contributed by atoms with Gasteiger partial charge in [-0.15, -0.1) is 0 Å². The highest BCUT2D eigenvalue weighted by atomic mass is 32.2. The molecule has 0 saturated heterocycles. The number of aromatic carboxylic acids is 1. The van der Waals surface area contributed by atoms with Crippen molar-refractivity contribution in [3.05, 3.63) is 18.0 Å². The van der Waals surface area contributed by atoms with E-state index in [1.807, 2.05) is 13.8 Å². The third-order valence-corrected chi connectivity index (χ3v) is 5.93. The van der Waals surface area contributed by atoms with Crippen LogP contribution in [0.5, 0.6) is 0 Å². The second kappa shape index (κ2) is 4.58. The maximum atomic E-state index is 12.5. The third kappa shape index (κ3) is 2.85. The zero-order chi connectivity index (χ0) is 15.4. The number of carboxylic acids is 1. The first kappa shape index (κ1) is 14.6. The number of rotatable bonds is 6. The van der Waals surface area contributed by atoms with E-state index in [4.69, 9.17) is 0 Å². The van der Waals surface area contributed by atoms with Gasteiger partial charge in [-0.3, -0.25) is 0 Å². The Morgan fingerprint density at radius 1 is 1.33 bits per heavy atom. The molecule has 2 aliphatic rings. The van der Waals surface area contributed by atoms with Crippen LogP contribution < -0.4 is 4.72 Å². The summed E-state index contributed by atoms with van der Waals surface area (Å²) >= 11 is 0. The molecular weight excluding hydrogens is 292 g/mol. The number of carboxylic acid groups (broad SMARTS) is 1. The van der Waals surface area contributed by atoms with E-state index in [9.17, 15) is 18.3 Å². The van der Waals surface area contributed by atoms with Crippen LogP contribution in [-0.4, -0.2) is 29.6 Å². The van der Waals surface area contributed by atoms with E-state index in [-0.39, 0.29) is 16.6 Å². The number of hydrogen-bond acceptors (Lipinski definition) is 3. The number of carbonyl (C=O) groups is 1. The van der Waals surface area contributed by atoms with Crippen molar-refractivity contribution < 1.29 is 18.3 Å². The number of aromatic nitrogens is 1. The fourth-order valence-electron chi connectivity index (χ4n) is 2.72. The lowest BCUT2D eigenvalue weighted by atomic mass is 10.0. The minimum Gasteiger partial charge on any atom is -0.477 e. The fraction of sp³-hybridized carbons (Fsp3) is 0.643. The van der Waals surface area contributed by atoms with Gasteiger partial charge in [0, 0.05) is 17.8 Å². The van der Waals surface area contributed by atoms with Crippen LogP contribution in [0, 0.1) is 5.92 Å². The minimum absolute atomic E-state index is 0.0422. The standard InChI is InChI=1S/C14H20N2O4S/c1-14(2,9-3-4-9)15-21(19,20)11-7-12(13(17)18)16(8-11)10-5-6-10/h7-10,15H,3-6H2,1-2H3,(H,17,18). The molecule has 0 bridgehead atoms. The van der Waals surface area contributed by atoms with Gasteiger partial charge in [0.15, 0.2) is 0 Å². The quantitative estimate of drug-likeness (QED) is 0.840. The Hall–Kier alpha value is -1.34. The van der Waals surface area contributed by atoms with Crippen LogP contribution in [0.15, 0.2) is 17.2 Å². The SMILES string of the molecule is CC(C)(NS(=O)(=O)c1cc(C(=O)O)n(C2CC2)c1)C1CC1. The van der Waals surface area contributed by atoms with Crippen molar-refractivity contribution in [3.63, 3.8) is 0 Å². The molecule has 2 fully saturated rings. The smallest absolute Gasteiger partial charge is 0.352 e. The predicted octanol–water partition coefficient (Wildman–Crippen LogP) is 1.99. The van der Waals surface area contributed by atoms with E-state index in [2.05, 4.69) is 4.72 Å². The van der Waals surface area contributed by atoms with Crippen molar-refractivity contribution in [1.82, 2.24) is 9.29 Å². The van der Waals surface area contributed by atoms with Crippen molar-refractivity contribution >= 4 is 16.0 Å². The number of nitrogens with zero attached hydrogens (tertiary/aromatic N) is 1. The Morgan fingerprint density at radius 3 is 2.43 bits per heavy atom. The van der Waals surface area contributed by atoms with Gasteiger partial charge in [-0.2, -0.15) is 0 Å². The second-order valence-electron chi connectivity index (χ2n) is 6.61. The summed E-state index contributed by atoms with van der Waals surface area (Å²) in [6.07, 6.45) is 5.30. The summed E-state index contributed by atoms with van der Waals surface area (Å²) in [5.41, 5.74) is -0.453. The normalized spacial score (nSPS) is 19.7. The first-order valence-electron chi connectivity index (χ1n) is 7.20. The molecule has 1 heterocycles. The molecular formula is C14H20N2O4S. The highest BCUT2D eigenvalue weighted by Gasteiger charge is 2.41. The Labute approximate surface area is 124 Å². The lowest BCUT2D eigenvalue weighted by molar-refractivity contribution is 0.0685. The molecule has 2 aliphatic carbocycles. The molecule has 0 aromatic carbocycles. The summed E-state index contributed by atoms with van der Waals surface area (Å²) in [6.45, 7) is 3.75. The van der Waals surface area contributed by atoms with Gasteiger partial charge in [0.2, 0.25) is 10.0 Å². The van der Waals surface area contributed by atoms with E-state index >= 15 is 0 Å². The van der Waals surface area contributed by atoms with Gasteiger partial charge in [0.1, 0.15) is 10.6 Å². The maximum absolute atomic E-state index is 12.5. The summed E-state index contributed by atoms with van der Waals surface area (Å²) < 4.78 is 29.3. The molecule has 0 amide bonds. The van der Waals surface area contributed by atoms with Crippen LogP contribution in [0.3, 0.4) is 0 Å². The van der Waals surface area contributed by atoms with Gasteiger partial charge in [0.05, 0.1) is 0 Å². The molecule has 0 aliphatic heterocycles.